The topological polar surface area (TPSA) is 55.5 Å². The van der Waals surface area contributed by atoms with E-state index >= 15 is 0 Å². The largest absolute Gasteiger partial charge is 0.506 e. The number of benzene rings is 1. The van der Waals surface area contributed by atoms with Crippen molar-refractivity contribution in [2.24, 2.45) is 5.73 Å². The summed E-state index contributed by atoms with van der Waals surface area (Å²) in [6.45, 7) is 0. The highest BCUT2D eigenvalue weighted by Crippen LogP contribution is 2.28. The number of rotatable bonds is 2. The molecule has 0 aliphatic heterocycles. The van der Waals surface area contributed by atoms with Crippen molar-refractivity contribution in [2.45, 2.75) is 6.42 Å². The number of nitrogens with two attached hydrogens (primary N) is 1. The van der Waals surface area contributed by atoms with Crippen molar-refractivity contribution in [3.05, 3.63) is 65.1 Å². The van der Waals surface area contributed by atoms with E-state index in [0.29, 0.717) is 17.9 Å². The minimum Gasteiger partial charge on any atom is -0.506 e. The SMILES string of the molecule is COC(=C1CC=CC(O)=C1N)c1ccccc1. The zero-order valence-corrected chi connectivity index (χ0v) is 9.68. The van der Waals surface area contributed by atoms with Crippen molar-refractivity contribution in [1.82, 2.24) is 0 Å². The lowest BCUT2D eigenvalue weighted by atomic mass is 9.98. The molecule has 0 spiro atoms. The molecule has 0 radical (unpaired) electrons. The Bertz CT molecular complexity index is 498. The van der Waals surface area contributed by atoms with Crippen molar-refractivity contribution in [3.8, 4) is 0 Å². The molecule has 0 saturated heterocycles. The van der Waals surface area contributed by atoms with E-state index < -0.39 is 0 Å². The lowest BCUT2D eigenvalue weighted by Gasteiger charge is -2.17. The van der Waals surface area contributed by atoms with Crippen LogP contribution >= 0.6 is 0 Å². The molecule has 17 heavy (non-hydrogen) atoms. The maximum atomic E-state index is 9.62. The van der Waals surface area contributed by atoms with Gasteiger partial charge in [-0.3, -0.25) is 0 Å². The highest BCUT2D eigenvalue weighted by atomic mass is 16.5. The Balaban J connectivity index is 2.52. The first-order valence-corrected chi connectivity index (χ1v) is 5.42. The monoisotopic (exact) mass is 229 g/mol. The van der Waals surface area contributed by atoms with Crippen LogP contribution in [0.3, 0.4) is 0 Å². The molecule has 0 fully saturated rings. The molecular weight excluding hydrogens is 214 g/mol. The second kappa shape index (κ2) is 4.78. The Morgan fingerprint density at radius 3 is 2.65 bits per heavy atom. The van der Waals surface area contributed by atoms with Crippen LogP contribution in [0.25, 0.3) is 5.76 Å². The lowest BCUT2D eigenvalue weighted by molar-refractivity contribution is 0.365. The minimum absolute atomic E-state index is 0.0942. The predicted octanol–water partition coefficient (Wildman–Crippen LogP) is 2.73. The summed E-state index contributed by atoms with van der Waals surface area (Å²) in [4.78, 5) is 0. The molecule has 88 valence electrons. The number of ether oxygens (including phenoxy) is 1. The van der Waals surface area contributed by atoms with E-state index in [1.54, 1.807) is 13.2 Å². The zero-order chi connectivity index (χ0) is 12.3. The Morgan fingerprint density at radius 2 is 2.00 bits per heavy atom. The summed E-state index contributed by atoms with van der Waals surface area (Å²) >= 11 is 0. The highest BCUT2D eigenvalue weighted by Gasteiger charge is 2.16. The molecule has 0 saturated carbocycles. The fraction of sp³-hybridized carbons (Fsp3) is 0.143. The standard InChI is InChI=1S/C14H15NO2/c1-17-14(10-6-3-2-4-7-10)11-8-5-9-12(16)13(11)15/h2-7,9,16H,8,15H2,1H3. The van der Waals surface area contributed by atoms with Crippen LogP contribution in [0.5, 0.6) is 0 Å². The molecule has 0 unspecified atom stereocenters. The summed E-state index contributed by atoms with van der Waals surface area (Å²) < 4.78 is 5.42. The van der Waals surface area contributed by atoms with Crippen molar-refractivity contribution < 1.29 is 9.84 Å². The van der Waals surface area contributed by atoms with Gasteiger partial charge in [0, 0.05) is 11.1 Å². The number of methoxy groups -OCH3 is 1. The third-order valence-electron chi connectivity index (χ3n) is 2.71. The number of hydrogen-bond donors (Lipinski definition) is 2. The van der Waals surface area contributed by atoms with Gasteiger partial charge in [0.25, 0.3) is 0 Å². The van der Waals surface area contributed by atoms with Gasteiger partial charge in [-0.2, -0.15) is 0 Å². The number of aliphatic hydroxyl groups excluding tert-OH is 1. The second-order valence-electron chi connectivity index (χ2n) is 3.78. The normalized spacial score (nSPS) is 18.2. The lowest BCUT2D eigenvalue weighted by Crippen LogP contribution is -2.10. The molecule has 3 nitrogen and oxygen atoms in total. The van der Waals surface area contributed by atoms with Crippen molar-refractivity contribution in [2.75, 3.05) is 7.11 Å². The summed E-state index contributed by atoms with van der Waals surface area (Å²) in [6.07, 6.45) is 4.13. The summed E-state index contributed by atoms with van der Waals surface area (Å²) in [6, 6.07) is 9.72. The molecule has 3 heteroatoms. The van der Waals surface area contributed by atoms with Crippen molar-refractivity contribution in [3.63, 3.8) is 0 Å². The first-order valence-electron chi connectivity index (χ1n) is 5.42. The molecule has 2 rings (SSSR count). The van der Waals surface area contributed by atoms with E-state index in [0.717, 1.165) is 11.1 Å². The first kappa shape index (κ1) is 11.3. The van der Waals surface area contributed by atoms with Gasteiger partial charge in [-0.1, -0.05) is 36.4 Å². The Morgan fingerprint density at radius 1 is 1.29 bits per heavy atom. The Hall–Kier alpha value is -2.16. The van der Waals surface area contributed by atoms with Crippen LogP contribution in [-0.4, -0.2) is 12.2 Å². The van der Waals surface area contributed by atoms with E-state index in [4.69, 9.17) is 10.5 Å². The first-order chi connectivity index (χ1) is 8.24. The summed E-state index contributed by atoms with van der Waals surface area (Å²) in [5, 5.41) is 9.62. The summed E-state index contributed by atoms with van der Waals surface area (Å²) in [7, 11) is 1.61. The van der Waals surface area contributed by atoms with Gasteiger partial charge in [0.1, 0.15) is 11.5 Å². The van der Waals surface area contributed by atoms with Gasteiger partial charge in [0.15, 0.2) is 0 Å². The predicted molar refractivity (Wildman–Crippen MR) is 68.0 cm³/mol. The van der Waals surface area contributed by atoms with Gasteiger partial charge in [0.05, 0.1) is 12.8 Å². The van der Waals surface area contributed by atoms with Crippen LogP contribution < -0.4 is 5.73 Å². The molecule has 0 bridgehead atoms. The van der Waals surface area contributed by atoms with E-state index in [1.165, 1.54) is 0 Å². The van der Waals surface area contributed by atoms with Crippen LogP contribution in [0.15, 0.2) is 59.5 Å². The van der Waals surface area contributed by atoms with Crippen molar-refractivity contribution >= 4 is 5.76 Å². The van der Waals surface area contributed by atoms with Gasteiger partial charge in [-0.25, -0.2) is 0 Å². The van der Waals surface area contributed by atoms with Crippen molar-refractivity contribution in [1.29, 1.82) is 0 Å². The molecule has 0 atom stereocenters. The van der Waals surface area contributed by atoms with Crippen LogP contribution in [0.1, 0.15) is 12.0 Å². The number of aliphatic hydroxyl groups is 1. The maximum Gasteiger partial charge on any atom is 0.138 e. The molecule has 0 aromatic heterocycles. The third kappa shape index (κ3) is 2.18. The summed E-state index contributed by atoms with van der Waals surface area (Å²) in [5.74, 6) is 0.802. The molecule has 1 aliphatic rings. The summed E-state index contributed by atoms with van der Waals surface area (Å²) in [5.41, 5.74) is 8.03. The fourth-order valence-corrected chi connectivity index (χ4v) is 1.86. The number of allylic oxidation sites excluding steroid dienone is 3. The van der Waals surface area contributed by atoms with Crippen LogP contribution in [0.4, 0.5) is 0 Å². The average molecular weight is 229 g/mol. The average Bonchev–Trinajstić information content (AvgIpc) is 2.37. The minimum atomic E-state index is 0.0942. The van der Waals surface area contributed by atoms with Gasteiger partial charge >= 0.3 is 0 Å². The number of hydrogen-bond acceptors (Lipinski definition) is 3. The second-order valence-corrected chi connectivity index (χ2v) is 3.78. The fourth-order valence-electron chi connectivity index (χ4n) is 1.86. The molecule has 1 aromatic carbocycles. The van der Waals surface area contributed by atoms with Crippen LogP contribution in [0.2, 0.25) is 0 Å². The van der Waals surface area contributed by atoms with E-state index in [1.807, 2.05) is 36.4 Å². The van der Waals surface area contributed by atoms with E-state index in [9.17, 15) is 5.11 Å². The molecule has 0 amide bonds. The van der Waals surface area contributed by atoms with Gasteiger partial charge < -0.3 is 15.6 Å². The van der Waals surface area contributed by atoms with Gasteiger partial charge in [-0.05, 0) is 12.5 Å². The Kier molecular flexibility index (Phi) is 3.19. The highest BCUT2D eigenvalue weighted by molar-refractivity contribution is 5.68. The Labute approximate surface area is 101 Å². The van der Waals surface area contributed by atoms with E-state index in [-0.39, 0.29) is 5.76 Å². The quantitative estimate of drug-likeness (QED) is 0.767. The van der Waals surface area contributed by atoms with Gasteiger partial charge in [0.2, 0.25) is 0 Å². The molecule has 1 aromatic rings. The third-order valence-corrected chi connectivity index (χ3v) is 2.71. The smallest absolute Gasteiger partial charge is 0.138 e. The maximum absolute atomic E-state index is 9.62. The van der Waals surface area contributed by atoms with Gasteiger partial charge in [-0.15, -0.1) is 0 Å². The molecule has 3 N–H and O–H groups in total. The van der Waals surface area contributed by atoms with E-state index in [2.05, 4.69) is 0 Å². The van der Waals surface area contributed by atoms with Crippen LogP contribution in [0, 0.1) is 0 Å². The van der Waals surface area contributed by atoms with Crippen LogP contribution in [-0.2, 0) is 4.74 Å². The molecule has 1 aliphatic carbocycles. The molecule has 0 heterocycles. The molecular formula is C14H15NO2. The zero-order valence-electron chi connectivity index (χ0n) is 9.68.